The lowest BCUT2D eigenvalue weighted by atomic mass is 10.3. The van der Waals surface area contributed by atoms with Gasteiger partial charge in [-0.3, -0.25) is 4.68 Å². The molecule has 2 aromatic rings. The molecule has 96 valence electrons. The molecule has 5 nitrogen and oxygen atoms in total. The summed E-state index contributed by atoms with van der Waals surface area (Å²) >= 11 is 0. The summed E-state index contributed by atoms with van der Waals surface area (Å²) in [5.41, 5.74) is 1.95. The first-order chi connectivity index (χ1) is 8.85. The fourth-order valence-corrected chi connectivity index (χ4v) is 1.76. The van der Waals surface area contributed by atoms with Gasteiger partial charge >= 0.3 is 0 Å². The summed E-state index contributed by atoms with van der Waals surface area (Å²) in [6.07, 6.45) is 5.71. The molecule has 0 atom stereocenters. The van der Waals surface area contributed by atoms with Gasteiger partial charge in [0.2, 0.25) is 5.95 Å². The maximum atomic E-state index is 4.51. The molecular weight excluding hydrogens is 226 g/mol. The van der Waals surface area contributed by atoms with Crippen molar-refractivity contribution in [2.75, 3.05) is 11.9 Å². The third kappa shape index (κ3) is 2.85. The van der Waals surface area contributed by atoms with E-state index in [0.29, 0.717) is 5.95 Å². The van der Waals surface area contributed by atoms with E-state index in [0.717, 1.165) is 37.3 Å². The molecule has 0 aliphatic carbocycles. The first-order valence-electron chi connectivity index (χ1n) is 6.44. The summed E-state index contributed by atoms with van der Waals surface area (Å²) in [7, 11) is 0. The molecule has 0 saturated heterocycles. The van der Waals surface area contributed by atoms with Crippen LogP contribution in [0.25, 0.3) is 11.4 Å². The number of hydrogen-bond donors (Lipinski definition) is 1. The predicted molar refractivity (Wildman–Crippen MR) is 72.3 cm³/mol. The number of anilines is 1. The Morgan fingerprint density at radius 1 is 1.17 bits per heavy atom. The highest BCUT2D eigenvalue weighted by atomic mass is 15.3. The van der Waals surface area contributed by atoms with Crippen molar-refractivity contribution in [3.8, 4) is 11.4 Å². The molecule has 0 aliphatic rings. The Morgan fingerprint density at radius 3 is 2.83 bits per heavy atom. The predicted octanol–water partition coefficient (Wildman–Crippen LogP) is 2.57. The van der Waals surface area contributed by atoms with Crippen LogP contribution in [-0.2, 0) is 6.54 Å². The van der Waals surface area contributed by atoms with E-state index in [1.54, 1.807) is 6.20 Å². The molecule has 0 saturated carbocycles. The van der Waals surface area contributed by atoms with Crippen LogP contribution in [0, 0.1) is 0 Å². The zero-order chi connectivity index (χ0) is 12.8. The van der Waals surface area contributed by atoms with Crippen LogP contribution in [0.3, 0.4) is 0 Å². The van der Waals surface area contributed by atoms with Gasteiger partial charge in [-0.1, -0.05) is 13.8 Å². The highest BCUT2D eigenvalue weighted by Gasteiger charge is 2.07. The molecule has 0 bridgehead atoms. The number of aromatic nitrogens is 4. The minimum Gasteiger partial charge on any atom is -0.354 e. The van der Waals surface area contributed by atoms with E-state index in [2.05, 4.69) is 34.2 Å². The average Bonchev–Trinajstić information content (AvgIpc) is 2.85. The van der Waals surface area contributed by atoms with Crippen molar-refractivity contribution in [2.45, 2.75) is 33.2 Å². The summed E-state index contributed by atoms with van der Waals surface area (Å²) in [6, 6.07) is 3.90. The van der Waals surface area contributed by atoms with E-state index in [4.69, 9.17) is 0 Å². The van der Waals surface area contributed by atoms with Crippen molar-refractivity contribution >= 4 is 5.95 Å². The van der Waals surface area contributed by atoms with Crippen LogP contribution in [0.4, 0.5) is 5.95 Å². The third-order valence-electron chi connectivity index (χ3n) is 2.60. The van der Waals surface area contributed by atoms with Gasteiger partial charge in [-0.25, -0.2) is 9.97 Å². The molecular formula is C13H19N5. The monoisotopic (exact) mass is 245 g/mol. The average molecular weight is 245 g/mol. The maximum Gasteiger partial charge on any atom is 0.223 e. The van der Waals surface area contributed by atoms with Crippen LogP contribution in [0.2, 0.25) is 0 Å². The Kier molecular flexibility index (Phi) is 4.28. The molecule has 18 heavy (non-hydrogen) atoms. The van der Waals surface area contributed by atoms with Gasteiger partial charge < -0.3 is 5.32 Å². The zero-order valence-electron chi connectivity index (χ0n) is 10.9. The molecule has 2 heterocycles. The van der Waals surface area contributed by atoms with Gasteiger partial charge in [0, 0.05) is 25.5 Å². The first kappa shape index (κ1) is 12.5. The van der Waals surface area contributed by atoms with Gasteiger partial charge in [0.05, 0.1) is 11.4 Å². The minimum absolute atomic E-state index is 0.679. The van der Waals surface area contributed by atoms with Crippen LogP contribution in [0.1, 0.15) is 26.7 Å². The lowest BCUT2D eigenvalue weighted by Crippen LogP contribution is -2.06. The van der Waals surface area contributed by atoms with Crippen molar-refractivity contribution < 1.29 is 0 Å². The normalized spacial score (nSPS) is 10.6. The first-order valence-corrected chi connectivity index (χ1v) is 6.44. The second-order valence-corrected chi connectivity index (χ2v) is 4.13. The molecule has 0 spiro atoms. The lowest BCUT2D eigenvalue weighted by Gasteiger charge is -2.07. The second kappa shape index (κ2) is 6.14. The van der Waals surface area contributed by atoms with Crippen molar-refractivity contribution in [3.05, 3.63) is 24.5 Å². The van der Waals surface area contributed by atoms with E-state index in [9.17, 15) is 0 Å². The summed E-state index contributed by atoms with van der Waals surface area (Å²) in [4.78, 5) is 8.72. The van der Waals surface area contributed by atoms with Gasteiger partial charge in [0.15, 0.2) is 0 Å². The largest absolute Gasteiger partial charge is 0.354 e. The molecule has 2 aromatic heterocycles. The Bertz CT molecular complexity index is 492. The van der Waals surface area contributed by atoms with Gasteiger partial charge in [-0.05, 0) is 25.0 Å². The Morgan fingerprint density at radius 2 is 2.06 bits per heavy atom. The van der Waals surface area contributed by atoms with Crippen LogP contribution in [-0.4, -0.2) is 26.3 Å². The van der Waals surface area contributed by atoms with Crippen LogP contribution >= 0.6 is 0 Å². The van der Waals surface area contributed by atoms with Crippen molar-refractivity contribution in [1.29, 1.82) is 0 Å². The summed E-state index contributed by atoms with van der Waals surface area (Å²) in [5, 5.41) is 7.51. The number of nitrogens with one attached hydrogen (secondary N) is 1. The lowest BCUT2D eigenvalue weighted by molar-refractivity contribution is 0.608. The highest BCUT2D eigenvalue weighted by molar-refractivity contribution is 5.55. The zero-order valence-corrected chi connectivity index (χ0v) is 10.9. The van der Waals surface area contributed by atoms with Gasteiger partial charge in [-0.15, -0.1) is 0 Å². The van der Waals surface area contributed by atoms with Crippen molar-refractivity contribution in [2.24, 2.45) is 0 Å². The maximum absolute atomic E-state index is 4.51. The quantitative estimate of drug-likeness (QED) is 0.849. The van der Waals surface area contributed by atoms with Gasteiger partial charge in [0.1, 0.15) is 0 Å². The van der Waals surface area contributed by atoms with E-state index in [1.807, 2.05) is 23.0 Å². The van der Waals surface area contributed by atoms with Gasteiger partial charge in [0.25, 0.3) is 0 Å². The summed E-state index contributed by atoms with van der Waals surface area (Å²) in [6.45, 7) is 6.05. The standard InChI is InChI=1S/C13H19N5/c1-3-7-14-13-15-8-5-11(17-13)12-6-9-16-18(12)10-4-2/h5-6,8-9H,3-4,7,10H2,1-2H3,(H,14,15,17). The number of nitrogens with zero attached hydrogens (tertiary/aromatic N) is 4. The SMILES string of the molecule is CCCNc1nccc(-c2ccnn2CCC)n1. The number of rotatable bonds is 6. The minimum atomic E-state index is 0.679. The molecule has 0 radical (unpaired) electrons. The molecule has 0 fully saturated rings. The van der Waals surface area contributed by atoms with Crippen molar-refractivity contribution in [1.82, 2.24) is 19.7 Å². The van der Waals surface area contributed by atoms with E-state index in [-0.39, 0.29) is 0 Å². The second-order valence-electron chi connectivity index (χ2n) is 4.13. The topological polar surface area (TPSA) is 55.6 Å². The van der Waals surface area contributed by atoms with Crippen molar-refractivity contribution in [3.63, 3.8) is 0 Å². The highest BCUT2D eigenvalue weighted by Crippen LogP contribution is 2.17. The molecule has 5 heteroatoms. The summed E-state index contributed by atoms with van der Waals surface area (Å²) < 4.78 is 1.98. The number of hydrogen-bond acceptors (Lipinski definition) is 4. The van der Waals surface area contributed by atoms with E-state index < -0.39 is 0 Å². The van der Waals surface area contributed by atoms with Crippen LogP contribution in [0.15, 0.2) is 24.5 Å². The van der Waals surface area contributed by atoms with Crippen LogP contribution < -0.4 is 5.32 Å². The Balaban J connectivity index is 2.24. The molecule has 0 aromatic carbocycles. The molecule has 0 unspecified atom stereocenters. The Hall–Kier alpha value is -1.91. The smallest absolute Gasteiger partial charge is 0.223 e. The van der Waals surface area contributed by atoms with Crippen LogP contribution in [0.5, 0.6) is 0 Å². The fourth-order valence-electron chi connectivity index (χ4n) is 1.76. The Labute approximate surface area is 107 Å². The molecule has 2 rings (SSSR count). The van der Waals surface area contributed by atoms with E-state index in [1.165, 1.54) is 0 Å². The molecule has 1 N–H and O–H groups in total. The molecule has 0 aliphatic heterocycles. The van der Waals surface area contributed by atoms with E-state index >= 15 is 0 Å². The molecule has 0 amide bonds. The summed E-state index contributed by atoms with van der Waals surface area (Å²) in [5.74, 6) is 0.679. The fraction of sp³-hybridized carbons (Fsp3) is 0.462. The number of aryl methyl sites for hydroxylation is 1. The van der Waals surface area contributed by atoms with Gasteiger partial charge in [-0.2, -0.15) is 5.10 Å². The third-order valence-corrected chi connectivity index (χ3v) is 2.60.